The van der Waals surface area contributed by atoms with Gasteiger partial charge in [0.05, 0.1) is 32.4 Å². The summed E-state index contributed by atoms with van der Waals surface area (Å²) >= 11 is 12.3. The van der Waals surface area contributed by atoms with Gasteiger partial charge in [-0.05, 0) is 73.4 Å². The van der Waals surface area contributed by atoms with E-state index in [9.17, 15) is 19.8 Å². The van der Waals surface area contributed by atoms with E-state index < -0.39 is 11.6 Å². The molecule has 202 valence electrons. The second-order valence-electron chi connectivity index (χ2n) is 11.2. The van der Waals surface area contributed by atoms with Crippen LogP contribution in [-0.4, -0.2) is 50.6 Å². The number of ketones is 1. The van der Waals surface area contributed by atoms with Crippen LogP contribution in [0.5, 0.6) is 5.75 Å². The van der Waals surface area contributed by atoms with Crippen LogP contribution >= 0.6 is 23.2 Å². The van der Waals surface area contributed by atoms with Gasteiger partial charge in [-0.3, -0.25) is 9.78 Å². The highest BCUT2D eigenvalue weighted by atomic mass is 35.5. The molecule has 1 amide bonds. The van der Waals surface area contributed by atoms with Crippen molar-refractivity contribution in [3.8, 4) is 16.9 Å². The molecule has 1 heterocycles. The quantitative estimate of drug-likeness (QED) is 0.276. The van der Waals surface area contributed by atoms with E-state index >= 15 is 0 Å². The molecular formula is C29H33Cl2N3O4. The lowest BCUT2D eigenvalue weighted by Crippen LogP contribution is -2.59. The number of hydrogen-bond acceptors (Lipinski definition) is 5. The van der Waals surface area contributed by atoms with Crippen LogP contribution in [0.25, 0.3) is 22.0 Å². The summed E-state index contributed by atoms with van der Waals surface area (Å²) in [4.78, 5) is 30.5. The third kappa shape index (κ3) is 5.02. The Kier molecular flexibility index (Phi) is 7.56. The smallest absolute Gasteiger partial charge is 0.407 e. The predicted octanol–water partition coefficient (Wildman–Crippen LogP) is 7.87. The number of nitrogens with zero attached hydrogens (tertiary/aromatic N) is 2. The Morgan fingerprint density at radius 1 is 1.08 bits per heavy atom. The van der Waals surface area contributed by atoms with Crippen molar-refractivity contribution < 1.29 is 19.8 Å². The molecule has 9 heteroatoms. The molecule has 0 atom stereocenters. The minimum atomic E-state index is -0.924. The van der Waals surface area contributed by atoms with Gasteiger partial charge in [0.1, 0.15) is 0 Å². The van der Waals surface area contributed by atoms with Gasteiger partial charge in [-0.2, -0.15) is 0 Å². The van der Waals surface area contributed by atoms with Crippen LogP contribution in [0.3, 0.4) is 0 Å². The van der Waals surface area contributed by atoms with Crippen molar-refractivity contribution >= 4 is 51.7 Å². The zero-order valence-corrected chi connectivity index (χ0v) is 23.7. The Hall–Kier alpha value is -3.03. The van der Waals surface area contributed by atoms with E-state index in [2.05, 4.69) is 31.1 Å². The SMILES string of the molecule is CC(=O)c1cnc2ccc(-c3cc(Cl)c(O)c(Cl)c3)cc2c1NC1CCC(N(C)C(=O)O)(C(C)(C)C)CC1. The number of aromatic nitrogens is 1. The van der Waals surface area contributed by atoms with E-state index in [4.69, 9.17) is 23.2 Å². The van der Waals surface area contributed by atoms with Gasteiger partial charge in [0.15, 0.2) is 11.5 Å². The second-order valence-corrected chi connectivity index (χ2v) is 12.0. The third-order valence-corrected chi connectivity index (χ3v) is 8.66. The van der Waals surface area contributed by atoms with Gasteiger partial charge in [0, 0.05) is 24.7 Å². The van der Waals surface area contributed by atoms with Crippen molar-refractivity contribution in [2.45, 2.75) is 65.0 Å². The summed E-state index contributed by atoms with van der Waals surface area (Å²) in [7, 11) is 1.66. The molecule has 0 unspecified atom stereocenters. The number of aromatic hydroxyl groups is 1. The summed E-state index contributed by atoms with van der Waals surface area (Å²) < 4.78 is 0. The number of fused-ring (bicyclic) bond motifs is 1. The number of hydrogen-bond donors (Lipinski definition) is 3. The highest BCUT2D eigenvalue weighted by molar-refractivity contribution is 6.37. The number of rotatable bonds is 5. The molecule has 3 aromatic rings. The standard InChI is InChI=1S/C29H33Cl2N3O4/c1-16(35)21-15-32-24-7-6-17(18-13-22(30)26(36)23(31)14-18)12-20(24)25(21)33-19-8-10-29(11-9-19,28(2,3)4)34(5)27(37)38/h6-7,12-15,19,36H,8-11H2,1-5H3,(H,32,33)(H,37,38). The molecule has 1 aliphatic carbocycles. The highest BCUT2D eigenvalue weighted by Crippen LogP contribution is 2.47. The zero-order chi connectivity index (χ0) is 28.0. The molecule has 2 aromatic carbocycles. The number of halogens is 2. The number of Topliss-reactive ketones (excluding diaryl/α,β-unsaturated/α-hetero) is 1. The molecule has 1 aliphatic rings. The molecule has 1 aromatic heterocycles. The minimum Gasteiger partial charge on any atom is -0.505 e. The largest absolute Gasteiger partial charge is 0.505 e. The van der Waals surface area contributed by atoms with Gasteiger partial charge in [0.2, 0.25) is 0 Å². The Morgan fingerprint density at radius 2 is 1.68 bits per heavy atom. The molecule has 1 fully saturated rings. The number of carbonyl (C=O) groups is 2. The fraction of sp³-hybridized carbons (Fsp3) is 0.414. The van der Waals surface area contributed by atoms with Crippen LogP contribution in [0.1, 0.15) is 63.7 Å². The van der Waals surface area contributed by atoms with E-state index in [1.54, 1.807) is 25.4 Å². The number of nitrogens with one attached hydrogen (secondary N) is 1. The Morgan fingerprint density at radius 3 is 2.21 bits per heavy atom. The summed E-state index contributed by atoms with van der Waals surface area (Å²) in [5.74, 6) is -0.272. The number of carbonyl (C=O) groups excluding carboxylic acids is 1. The molecule has 38 heavy (non-hydrogen) atoms. The van der Waals surface area contributed by atoms with Crippen molar-refractivity contribution in [2.24, 2.45) is 5.41 Å². The summed E-state index contributed by atoms with van der Waals surface area (Å²) in [5.41, 5.74) is 2.74. The molecule has 1 saturated carbocycles. The maximum absolute atomic E-state index is 12.6. The van der Waals surface area contributed by atoms with Crippen molar-refractivity contribution in [1.29, 1.82) is 0 Å². The van der Waals surface area contributed by atoms with Crippen LogP contribution in [0.2, 0.25) is 10.0 Å². The maximum atomic E-state index is 12.6. The average Bonchev–Trinajstić information content (AvgIpc) is 2.86. The van der Waals surface area contributed by atoms with E-state index in [1.165, 1.54) is 11.8 Å². The van der Waals surface area contributed by atoms with Gasteiger partial charge in [-0.15, -0.1) is 0 Å². The maximum Gasteiger partial charge on any atom is 0.407 e. The normalized spacial score (nSPS) is 19.8. The number of benzene rings is 2. The van der Waals surface area contributed by atoms with Crippen LogP contribution in [0.4, 0.5) is 10.5 Å². The van der Waals surface area contributed by atoms with Gasteiger partial charge in [0.25, 0.3) is 0 Å². The molecule has 0 bridgehead atoms. The molecule has 7 nitrogen and oxygen atoms in total. The first kappa shape index (κ1) is 28.0. The zero-order valence-electron chi connectivity index (χ0n) is 22.2. The molecule has 0 aliphatic heterocycles. The molecule has 4 rings (SSSR count). The van der Waals surface area contributed by atoms with E-state index in [-0.39, 0.29) is 33.0 Å². The van der Waals surface area contributed by atoms with E-state index in [0.29, 0.717) is 24.1 Å². The molecule has 3 N–H and O–H groups in total. The summed E-state index contributed by atoms with van der Waals surface area (Å²) in [6.45, 7) is 7.79. The number of phenolic OH excluding ortho intramolecular Hbond substituents is 1. The minimum absolute atomic E-state index is 0.0533. The van der Waals surface area contributed by atoms with Gasteiger partial charge < -0.3 is 20.4 Å². The topological polar surface area (TPSA) is 103 Å². The Bertz CT molecular complexity index is 1390. The van der Waals surface area contributed by atoms with Crippen LogP contribution < -0.4 is 5.32 Å². The predicted molar refractivity (Wildman–Crippen MR) is 153 cm³/mol. The molecule has 0 radical (unpaired) electrons. The van der Waals surface area contributed by atoms with E-state index in [1.807, 2.05) is 18.2 Å². The number of amides is 1. The van der Waals surface area contributed by atoms with Crippen LogP contribution in [0, 0.1) is 5.41 Å². The first-order valence-electron chi connectivity index (χ1n) is 12.6. The van der Waals surface area contributed by atoms with E-state index in [0.717, 1.165) is 34.9 Å². The van der Waals surface area contributed by atoms with Gasteiger partial charge in [-0.1, -0.05) is 50.0 Å². The lowest BCUT2D eigenvalue weighted by molar-refractivity contribution is -0.0121. The first-order valence-corrected chi connectivity index (χ1v) is 13.4. The summed E-state index contributed by atoms with van der Waals surface area (Å²) in [6, 6.07) is 9.05. The van der Waals surface area contributed by atoms with Crippen molar-refractivity contribution in [2.75, 3.05) is 12.4 Å². The van der Waals surface area contributed by atoms with Crippen LogP contribution in [0.15, 0.2) is 36.5 Å². The number of carboxylic acid groups (broad SMARTS) is 1. The van der Waals surface area contributed by atoms with Crippen molar-refractivity contribution in [3.05, 3.63) is 52.1 Å². The van der Waals surface area contributed by atoms with Gasteiger partial charge in [-0.25, -0.2) is 4.79 Å². The van der Waals surface area contributed by atoms with Gasteiger partial charge >= 0.3 is 6.09 Å². The molecule has 0 saturated heterocycles. The third-order valence-electron chi connectivity index (χ3n) is 8.08. The summed E-state index contributed by atoms with van der Waals surface area (Å²) in [5, 5.41) is 24.5. The molecule has 0 spiro atoms. The molecular weight excluding hydrogens is 525 g/mol. The van der Waals surface area contributed by atoms with Crippen molar-refractivity contribution in [3.63, 3.8) is 0 Å². The number of pyridine rings is 1. The second kappa shape index (κ2) is 10.3. The monoisotopic (exact) mass is 557 g/mol. The Labute approximate surface area is 232 Å². The fourth-order valence-electron chi connectivity index (χ4n) is 5.74. The first-order chi connectivity index (χ1) is 17.7. The number of anilines is 1. The number of phenols is 1. The van der Waals surface area contributed by atoms with Crippen LogP contribution in [-0.2, 0) is 0 Å². The lowest BCUT2D eigenvalue weighted by atomic mass is 9.64. The summed E-state index contributed by atoms with van der Waals surface area (Å²) in [6.07, 6.45) is 3.57. The average molecular weight is 559 g/mol. The van der Waals surface area contributed by atoms with Crippen molar-refractivity contribution in [1.82, 2.24) is 9.88 Å². The lowest BCUT2D eigenvalue weighted by Gasteiger charge is -2.53. The highest BCUT2D eigenvalue weighted by Gasteiger charge is 2.49. The Balaban J connectivity index is 1.72. The fourth-order valence-corrected chi connectivity index (χ4v) is 6.23.